The van der Waals surface area contributed by atoms with Gasteiger partial charge in [-0.1, -0.05) is 0 Å². The second-order valence-corrected chi connectivity index (χ2v) is 4.70. The van der Waals surface area contributed by atoms with Crippen molar-refractivity contribution in [1.82, 2.24) is 9.78 Å². The number of esters is 1. The number of nitrogens with two attached hydrogens (primary N) is 1. The van der Waals surface area contributed by atoms with Gasteiger partial charge in [0.15, 0.2) is 5.69 Å². The van der Waals surface area contributed by atoms with Crippen LogP contribution < -0.4 is 5.73 Å². The molecule has 0 fully saturated rings. The Morgan fingerprint density at radius 3 is 2.59 bits per heavy atom. The highest BCUT2D eigenvalue weighted by molar-refractivity contribution is 5.92. The highest BCUT2D eigenvalue weighted by Gasteiger charge is 2.16. The fourth-order valence-electron chi connectivity index (χ4n) is 1.22. The smallest absolute Gasteiger partial charge is 0.361 e. The minimum atomic E-state index is -0.527. The molecule has 0 aliphatic heterocycles. The van der Waals surface area contributed by atoms with E-state index < -0.39 is 5.97 Å². The summed E-state index contributed by atoms with van der Waals surface area (Å²) in [6, 6.07) is 0. The lowest BCUT2D eigenvalue weighted by Gasteiger charge is -2.19. The maximum absolute atomic E-state index is 11.6. The summed E-state index contributed by atoms with van der Waals surface area (Å²) >= 11 is 0. The predicted octanol–water partition coefficient (Wildman–Crippen LogP) is 0.974. The maximum atomic E-state index is 11.6. The molecule has 96 valence electrons. The van der Waals surface area contributed by atoms with Gasteiger partial charge in [0.05, 0.1) is 17.9 Å². The van der Waals surface area contributed by atoms with Gasteiger partial charge >= 0.3 is 5.97 Å². The van der Waals surface area contributed by atoms with E-state index in [0.717, 1.165) is 0 Å². The van der Waals surface area contributed by atoms with Crippen LogP contribution in [0.15, 0.2) is 6.20 Å². The summed E-state index contributed by atoms with van der Waals surface area (Å²) in [6.45, 7) is 6.34. The van der Waals surface area contributed by atoms with Crippen molar-refractivity contribution in [1.29, 1.82) is 0 Å². The van der Waals surface area contributed by atoms with Gasteiger partial charge in [0.2, 0.25) is 0 Å². The van der Waals surface area contributed by atoms with Crippen LogP contribution in [0.2, 0.25) is 0 Å². The Morgan fingerprint density at radius 1 is 1.47 bits per heavy atom. The molecule has 0 saturated heterocycles. The van der Waals surface area contributed by atoms with E-state index >= 15 is 0 Å². The second kappa shape index (κ2) is 5.18. The molecule has 6 heteroatoms. The number of aryl methyl sites for hydroxylation is 1. The minimum absolute atomic E-state index is 0.142. The fraction of sp³-hybridized carbons (Fsp3) is 0.636. The third-order valence-electron chi connectivity index (χ3n) is 1.90. The number of aromatic nitrogens is 2. The van der Waals surface area contributed by atoms with E-state index in [9.17, 15) is 4.79 Å². The molecule has 17 heavy (non-hydrogen) atoms. The summed E-state index contributed by atoms with van der Waals surface area (Å²) < 4.78 is 11.9. The van der Waals surface area contributed by atoms with E-state index in [-0.39, 0.29) is 17.9 Å². The van der Waals surface area contributed by atoms with E-state index in [1.54, 1.807) is 13.2 Å². The molecule has 2 N–H and O–H groups in total. The highest BCUT2D eigenvalue weighted by atomic mass is 16.6. The molecule has 1 aromatic rings. The maximum Gasteiger partial charge on any atom is 0.361 e. The van der Waals surface area contributed by atoms with E-state index in [4.69, 9.17) is 15.2 Å². The molecule has 0 saturated carbocycles. The first kappa shape index (κ1) is 13.5. The Labute approximate surface area is 101 Å². The molecule has 0 aliphatic carbocycles. The SMILES string of the molecule is Cn1cc(N)c(C(=O)OCCOC(C)(C)C)n1. The van der Waals surface area contributed by atoms with E-state index in [0.29, 0.717) is 12.3 Å². The lowest BCUT2D eigenvalue weighted by atomic mass is 10.2. The van der Waals surface area contributed by atoms with Gasteiger partial charge < -0.3 is 15.2 Å². The van der Waals surface area contributed by atoms with Gasteiger partial charge in [0.1, 0.15) is 6.61 Å². The molecular weight excluding hydrogens is 222 g/mol. The quantitative estimate of drug-likeness (QED) is 0.627. The Bertz CT molecular complexity index is 393. The van der Waals surface area contributed by atoms with E-state index in [1.807, 2.05) is 20.8 Å². The summed E-state index contributed by atoms with van der Waals surface area (Å²) in [5.74, 6) is -0.527. The van der Waals surface area contributed by atoms with Crippen molar-refractivity contribution in [2.24, 2.45) is 7.05 Å². The molecule has 0 amide bonds. The van der Waals surface area contributed by atoms with Crippen molar-refractivity contribution in [3.8, 4) is 0 Å². The first-order chi connectivity index (χ1) is 7.79. The number of hydrogen-bond donors (Lipinski definition) is 1. The van der Waals surface area contributed by atoms with Crippen molar-refractivity contribution in [3.63, 3.8) is 0 Å². The lowest BCUT2D eigenvalue weighted by molar-refractivity contribution is -0.0283. The number of ether oxygens (including phenoxy) is 2. The molecule has 1 aromatic heterocycles. The lowest BCUT2D eigenvalue weighted by Crippen LogP contribution is -2.23. The Hall–Kier alpha value is -1.56. The van der Waals surface area contributed by atoms with Crippen LogP contribution in [-0.4, -0.2) is 34.6 Å². The Kier molecular flexibility index (Phi) is 4.11. The van der Waals surface area contributed by atoms with Crippen LogP contribution in [0, 0.1) is 0 Å². The highest BCUT2D eigenvalue weighted by Crippen LogP contribution is 2.10. The fourth-order valence-corrected chi connectivity index (χ4v) is 1.22. The summed E-state index contributed by atoms with van der Waals surface area (Å²) in [6.07, 6.45) is 1.56. The average molecular weight is 241 g/mol. The number of hydrogen-bond acceptors (Lipinski definition) is 5. The predicted molar refractivity (Wildman–Crippen MR) is 63.6 cm³/mol. The van der Waals surface area contributed by atoms with Gasteiger partial charge in [0.25, 0.3) is 0 Å². The number of anilines is 1. The summed E-state index contributed by atoms with van der Waals surface area (Å²) in [5, 5.41) is 3.91. The van der Waals surface area contributed by atoms with Crippen LogP contribution in [0.25, 0.3) is 0 Å². The van der Waals surface area contributed by atoms with Gasteiger partial charge in [-0.15, -0.1) is 0 Å². The summed E-state index contributed by atoms with van der Waals surface area (Å²) in [4.78, 5) is 11.6. The number of carbonyl (C=O) groups is 1. The van der Waals surface area contributed by atoms with E-state index in [1.165, 1.54) is 4.68 Å². The zero-order valence-electron chi connectivity index (χ0n) is 10.7. The average Bonchev–Trinajstić information content (AvgIpc) is 2.51. The van der Waals surface area contributed by atoms with Gasteiger partial charge in [-0.05, 0) is 20.8 Å². The number of rotatable bonds is 4. The van der Waals surface area contributed by atoms with Crippen LogP contribution in [-0.2, 0) is 16.5 Å². The molecular formula is C11H19N3O3. The van der Waals surface area contributed by atoms with Crippen LogP contribution >= 0.6 is 0 Å². The van der Waals surface area contributed by atoms with Gasteiger partial charge in [-0.3, -0.25) is 4.68 Å². The van der Waals surface area contributed by atoms with Crippen LogP contribution in [0.1, 0.15) is 31.3 Å². The van der Waals surface area contributed by atoms with Crippen LogP contribution in [0.3, 0.4) is 0 Å². The molecule has 6 nitrogen and oxygen atoms in total. The number of nitrogen functional groups attached to an aromatic ring is 1. The van der Waals surface area contributed by atoms with Gasteiger partial charge in [0, 0.05) is 13.2 Å². The normalized spacial score (nSPS) is 11.5. The van der Waals surface area contributed by atoms with Crippen molar-refractivity contribution < 1.29 is 14.3 Å². The Balaban J connectivity index is 2.38. The van der Waals surface area contributed by atoms with Crippen molar-refractivity contribution in [3.05, 3.63) is 11.9 Å². The molecule has 0 aliphatic rings. The van der Waals surface area contributed by atoms with Crippen molar-refractivity contribution in [2.45, 2.75) is 26.4 Å². The first-order valence-electron chi connectivity index (χ1n) is 5.40. The molecule has 0 radical (unpaired) electrons. The summed E-state index contributed by atoms with van der Waals surface area (Å²) in [7, 11) is 1.69. The molecule has 0 aromatic carbocycles. The van der Waals surface area contributed by atoms with Crippen LogP contribution in [0.5, 0.6) is 0 Å². The van der Waals surface area contributed by atoms with Gasteiger partial charge in [-0.2, -0.15) is 5.10 Å². The zero-order chi connectivity index (χ0) is 13.1. The molecule has 1 rings (SSSR count). The monoisotopic (exact) mass is 241 g/mol. The van der Waals surface area contributed by atoms with Gasteiger partial charge in [-0.25, -0.2) is 4.79 Å². The third-order valence-corrected chi connectivity index (χ3v) is 1.90. The molecule has 0 atom stereocenters. The van der Waals surface area contributed by atoms with Crippen molar-refractivity contribution >= 4 is 11.7 Å². The summed E-state index contributed by atoms with van der Waals surface area (Å²) in [5.41, 5.74) is 5.82. The Morgan fingerprint density at radius 2 is 2.12 bits per heavy atom. The number of carbonyl (C=O) groups excluding carboxylic acids is 1. The zero-order valence-corrected chi connectivity index (χ0v) is 10.7. The number of nitrogens with zero attached hydrogens (tertiary/aromatic N) is 2. The largest absolute Gasteiger partial charge is 0.458 e. The second-order valence-electron chi connectivity index (χ2n) is 4.70. The van der Waals surface area contributed by atoms with Crippen LogP contribution in [0.4, 0.5) is 5.69 Å². The minimum Gasteiger partial charge on any atom is -0.458 e. The molecule has 0 spiro atoms. The third kappa shape index (κ3) is 4.44. The first-order valence-corrected chi connectivity index (χ1v) is 5.40. The standard InChI is InChI=1S/C11H19N3O3/c1-11(2,3)17-6-5-16-10(15)9-8(12)7-14(4)13-9/h7H,5-6,12H2,1-4H3. The molecule has 1 heterocycles. The topological polar surface area (TPSA) is 79.4 Å². The molecule has 0 unspecified atom stereocenters. The van der Waals surface area contributed by atoms with Crippen molar-refractivity contribution in [2.75, 3.05) is 18.9 Å². The molecule has 0 bridgehead atoms. The van der Waals surface area contributed by atoms with E-state index in [2.05, 4.69) is 5.10 Å².